The van der Waals surface area contributed by atoms with Gasteiger partial charge in [0.1, 0.15) is 16.5 Å². The molecule has 1 aromatic carbocycles. The zero-order valence-corrected chi connectivity index (χ0v) is 18.5. The molecule has 0 spiro atoms. The van der Waals surface area contributed by atoms with E-state index in [1.165, 1.54) is 44.9 Å². The molecule has 1 saturated carbocycles. The van der Waals surface area contributed by atoms with Crippen molar-refractivity contribution >= 4 is 15.8 Å². The van der Waals surface area contributed by atoms with Crippen LogP contribution >= 0.6 is 0 Å². The number of nitrogens with one attached hydrogen (secondary N) is 1. The second-order valence-corrected chi connectivity index (χ2v) is 9.76. The maximum Gasteiger partial charge on any atom is 0.315 e. The topological polar surface area (TPSA) is 61.9 Å². The summed E-state index contributed by atoms with van der Waals surface area (Å²) in [5, 5.41) is 0. The summed E-state index contributed by atoms with van der Waals surface area (Å²) in [6, 6.07) is 1.66. The van der Waals surface area contributed by atoms with Gasteiger partial charge in [0, 0.05) is 44.9 Å². The lowest BCUT2D eigenvalue weighted by atomic mass is 9.86. The van der Waals surface area contributed by atoms with Gasteiger partial charge < -0.3 is 4.90 Å². The molecule has 2 fully saturated rings. The summed E-state index contributed by atoms with van der Waals surface area (Å²) < 4.78 is 57.5. The van der Waals surface area contributed by atoms with E-state index in [2.05, 4.69) is 14.7 Å². The number of hydroxylamine groups is 1. The van der Waals surface area contributed by atoms with E-state index < -0.39 is 26.6 Å². The van der Waals surface area contributed by atoms with Crippen LogP contribution in [0.4, 0.5) is 14.5 Å². The predicted octanol–water partition coefficient (Wildman–Crippen LogP) is 3.68. The fourth-order valence-corrected chi connectivity index (χ4v) is 5.33. The minimum absolute atomic E-state index is 0.0942. The SMILES string of the molecule is CCNOS(=O)(=O)c1cc(F)c(N2CCN(CCCC3CCCCC3)CC2)cc1F. The van der Waals surface area contributed by atoms with E-state index in [1.54, 1.807) is 11.8 Å². The van der Waals surface area contributed by atoms with E-state index in [9.17, 15) is 17.2 Å². The maximum absolute atomic E-state index is 14.6. The molecular weight excluding hydrogens is 412 g/mol. The van der Waals surface area contributed by atoms with E-state index in [-0.39, 0.29) is 12.2 Å². The highest BCUT2D eigenvalue weighted by Crippen LogP contribution is 2.29. The summed E-state index contributed by atoms with van der Waals surface area (Å²) in [6.45, 7) is 5.63. The zero-order chi connectivity index (χ0) is 21.6. The minimum Gasteiger partial charge on any atom is -0.367 e. The zero-order valence-electron chi connectivity index (χ0n) is 17.7. The summed E-state index contributed by atoms with van der Waals surface area (Å²) in [4.78, 5) is 3.35. The summed E-state index contributed by atoms with van der Waals surface area (Å²) in [5.74, 6) is -0.900. The molecule has 1 aliphatic heterocycles. The van der Waals surface area contributed by atoms with Crippen molar-refractivity contribution in [3.05, 3.63) is 23.8 Å². The molecule has 0 amide bonds. The van der Waals surface area contributed by atoms with Gasteiger partial charge in [0.25, 0.3) is 0 Å². The van der Waals surface area contributed by atoms with Gasteiger partial charge in [-0.1, -0.05) is 39.0 Å². The Kier molecular flexibility index (Phi) is 8.44. The molecule has 3 rings (SSSR count). The van der Waals surface area contributed by atoms with Gasteiger partial charge in [0.15, 0.2) is 0 Å². The van der Waals surface area contributed by atoms with Gasteiger partial charge in [-0.3, -0.25) is 4.90 Å². The van der Waals surface area contributed by atoms with Crippen molar-refractivity contribution < 1.29 is 21.5 Å². The molecule has 2 aliphatic rings. The van der Waals surface area contributed by atoms with Crippen LogP contribution in [-0.4, -0.2) is 52.6 Å². The highest BCUT2D eigenvalue weighted by molar-refractivity contribution is 7.86. The van der Waals surface area contributed by atoms with Crippen LogP contribution < -0.4 is 10.4 Å². The lowest BCUT2D eigenvalue weighted by molar-refractivity contribution is 0.209. The van der Waals surface area contributed by atoms with Crippen LogP contribution in [0.3, 0.4) is 0 Å². The first kappa shape index (κ1) is 23.4. The Labute approximate surface area is 178 Å². The van der Waals surface area contributed by atoms with Crippen molar-refractivity contribution in [1.82, 2.24) is 10.4 Å². The fraction of sp³-hybridized carbons (Fsp3) is 0.714. The molecule has 0 aromatic heterocycles. The van der Waals surface area contributed by atoms with Gasteiger partial charge >= 0.3 is 10.1 Å². The number of benzene rings is 1. The first-order chi connectivity index (χ1) is 14.4. The van der Waals surface area contributed by atoms with Crippen LogP contribution in [0.1, 0.15) is 51.9 Å². The molecule has 0 atom stereocenters. The Balaban J connectivity index is 1.53. The summed E-state index contributed by atoms with van der Waals surface area (Å²) in [6.07, 6.45) is 9.31. The number of piperazine rings is 1. The van der Waals surface area contributed by atoms with E-state index in [0.717, 1.165) is 31.6 Å². The Morgan fingerprint density at radius 2 is 1.77 bits per heavy atom. The molecule has 0 bridgehead atoms. The van der Waals surface area contributed by atoms with Crippen LogP contribution in [0.15, 0.2) is 17.0 Å². The molecule has 1 N–H and O–H groups in total. The molecule has 6 nitrogen and oxygen atoms in total. The minimum atomic E-state index is -4.40. The quantitative estimate of drug-likeness (QED) is 0.585. The predicted molar refractivity (Wildman–Crippen MR) is 113 cm³/mol. The molecular formula is C21H33F2N3O3S. The van der Waals surface area contributed by atoms with Crippen LogP contribution in [0.2, 0.25) is 0 Å². The number of hydrogen-bond acceptors (Lipinski definition) is 6. The monoisotopic (exact) mass is 445 g/mol. The summed E-state index contributed by atoms with van der Waals surface area (Å²) in [7, 11) is -4.40. The first-order valence-electron chi connectivity index (χ1n) is 11.0. The van der Waals surface area contributed by atoms with Crippen molar-refractivity contribution in [2.24, 2.45) is 5.92 Å². The molecule has 1 aromatic rings. The van der Waals surface area contributed by atoms with Crippen LogP contribution in [-0.2, 0) is 14.4 Å². The fourth-order valence-electron chi connectivity index (χ4n) is 4.43. The van der Waals surface area contributed by atoms with E-state index in [4.69, 9.17) is 0 Å². The molecule has 170 valence electrons. The third-order valence-electron chi connectivity index (χ3n) is 6.11. The lowest BCUT2D eigenvalue weighted by Crippen LogP contribution is -2.47. The average molecular weight is 446 g/mol. The van der Waals surface area contributed by atoms with Crippen LogP contribution in [0.25, 0.3) is 0 Å². The number of nitrogens with zero attached hydrogens (tertiary/aromatic N) is 2. The Morgan fingerprint density at radius 1 is 1.07 bits per heavy atom. The van der Waals surface area contributed by atoms with Crippen molar-refractivity contribution in [2.45, 2.75) is 56.8 Å². The number of hydrogen-bond donors (Lipinski definition) is 1. The summed E-state index contributed by atoms with van der Waals surface area (Å²) >= 11 is 0. The van der Waals surface area contributed by atoms with Gasteiger partial charge in [-0.05, 0) is 25.3 Å². The largest absolute Gasteiger partial charge is 0.367 e. The third-order valence-corrected chi connectivity index (χ3v) is 7.30. The molecule has 1 heterocycles. The van der Waals surface area contributed by atoms with Crippen molar-refractivity contribution in [3.63, 3.8) is 0 Å². The van der Waals surface area contributed by atoms with Gasteiger partial charge in [-0.2, -0.15) is 18.2 Å². The molecule has 9 heteroatoms. The lowest BCUT2D eigenvalue weighted by Gasteiger charge is -2.36. The maximum atomic E-state index is 14.6. The van der Waals surface area contributed by atoms with Gasteiger partial charge in [-0.15, -0.1) is 0 Å². The number of rotatable bonds is 9. The molecule has 1 aliphatic carbocycles. The Morgan fingerprint density at radius 3 is 2.43 bits per heavy atom. The molecule has 0 radical (unpaired) electrons. The van der Waals surface area contributed by atoms with Crippen molar-refractivity contribution in [1.29, 1.82) is 0 Å². The van der Waals surface area contributed by atoms with Gasteiger partial charge in [-0.25, -0.2) is 8.78 Å². The average Bonchev–Trinajstić information content (AvgIpc) is 2.75. The van der Waals surface area contributed by atoms with E-state index >= 15 is 0 Å². The highest BCUT2D eigenvalue weighted by atomic mass is 32.2. The number of anilines is 1. The molecule has 1 saturated heterocycles. The molecule has 30 heavy (non-hydrogen) atoms. The normalized spacial score (nSPS) is 19.4. The number of halogens is 2. The molecule has 0 unspecified atom stereocenters. The van der Waals surface area contributed by atoms with Crippen molar-refractivity contribution in [3.8, 4) is 0 Å². The van der Waals surface area contributed by atoms with Crippen LogP contribution in [0, 0.1) is 17.6 Å². The second kappa shape index (κ2) is 10.8. The smallest absolute Gasteiger partial charge is 0.315 e. The third kappa shape index (κ3) is 6.12. The Bertz CT molecular complexity index is 793. The van der Waals surface area contributed by atoms with E-state index in [0.29, 0.717) is 19.2 Å². The van der Waals surface area contributed by atoms with Crippen LogP contribution in [0.5, 0.6) is 0 Å². The second-order valence-electron chi connectivity index (χ2n) is 8.24. The first-order valence-corrected chi connectivity index (χ1v) is 12.4. The Hall–Kier alpha value is -1.29. The van der Waals surface area contributed by atoms with Crippen molar-refractivity contribution in [2.75, 3.05) is 44.2 Å². The summed E-state index contributed by atoms with van der Waals surface area (Å²) in [5.41, 5.74) is 2.26. The standard InChI is InChI=1S/C21H33F2N3O3S/c1-2-24-29-30(27,28)21-16-18(22)20(15-19(21)23)26-13-11-25(12-14-26)10-6-9-17-7-4-3-5-8-17/h15-17,24H,2-14H2,1H3. The highest BCUT2D eigenvalue weighted by Gasteiger charge is 2.26. The van der Waals surface area contributed by atoms with E-state index in [1.807, 2.05) is 0 Å². The van der Waals surface area contributed by atoms with Gasteiger partial charge in [0.05, 0.1) is 5.69 Å². The van der Waals surface area contributed by atoms with Gasteiger partial charge in [0.2, 0.25) is 0 Å².